The normalized spacial score (nSPS) is 13.2. The van der Waals surface area contributed by atoms with E-state index in [0.717, 1.165) is 18.5 Å². The summed E-state index contributed by atoms with van der Waals surface area (Å²) in [6.45, 7) is 0.510. The highest BCUT2D eigenvalue weighted by Gasteiger charge is 2.32. The van der Waals surface area contributed by atoms with Crippen LogP contribution in [0.3, 0.4) is 0 Å². The molecular weight excluding hydrogens is 290 g/mol. The number of nitriles is 1. The maximum absolute atomic E-state index is 12.4. The molecule has 0 bridgehead atoms. The van der Waals surface area contributed by atoms with Gasteiger partial charge < -0.3 is 9.64 Å². The maximum Gasteiger partial charge on any atom is 0.261 e. The summed E-state index contributed by atoms with van der Waals surface area (Å²) in [5, 5.41) is 8.77. The maximum atomic E-state index is 12.4. The van der Waals surface area contributed by atoms with E-state index < -0.39 is 0 Å². The molecule has 5 heteroatoms. The summed E-state index contributed by atoms with van der Waals surface area (Å²) >= 11 is 0. The van der Waals surface area contributed by atoms with E-state index in [1.807, 2.05) is 23.1 Å². The van der Waals surface area contributed by atoms with Crippen molar-refractivity contribution in [3.8, 4) is 11.8 Å². The van der Waals surface area contributed by atoms with Crippen molar-refractivity contribution in [3.63, 3.8) is 0 Å². The molecule has 5 nitrogen and oxygen atoms in total. The van der Waals surface area contributed by atoms with Crippen LogP contribution >= 0.6 is 0 Å². The van der Waals surface area contributed by atoms with Crippen molar-refractivity contribution in [1.29, 1.82) is 5.26 Å². The topological polar surface area (TPSA) is 66.2 Å². The fourth-order valence-corrected chi connectivity index (χ4v) is 2.33. The van der Waals surface area contributed by atoms with Gasteiger partial charge in [0.05, 0.1) is 23.9 Å². The smallest absolute Gasteiger partial charge is 0.261 e. The molecular formula is C18H17N3O2. The van der Waals surface area contributed by atoms with Crippen molar-refractivity contribution in [2.75, 3.05) is 6.61 Å². The van der Waals surface area contributed by atoms with Crippen LogP contribution in [0.5, 0.6) is 5.75 Å². The van der Waals surface area contributed by atoms with Crippen molar-refractivity contribution >= 4 is 5.91 Å². The summed E-state index contributed by atoms with van der Waals surface area (Å²) in [4.78, 5) is 18.6. The van der Waals surface area contributed by atoms with Gasteiger partial charge in [-0.2, -0.15) is 5.26 Å². The highest BCUT2D eigenvalue weighted by atomic mass is 16.5. The van der Waals surface area contributed by atoms with E-state index in [1.165, 1.54) is 0 Å². The molecule has 3 rings (SSSR count). The summed E-state index contributed by atoms with van der Waals surface area (Å²) < 4.78 is 5.54. The fraction of sp³-hybridized carbons (Fsp3) is 0.278. The van der Waals surface area contributed by atoms with Crippen LogP contribution in [0.2, 0.25) is 0 Å². The van der Waals surface area contributed by atoms with Gasteiger partial charge in [-0.3, -0.25) is 9.78 Å². The van der Waals surface area contributed by atoms with Crippen molar-refractivity contribution in [2.45, 2.75) is 25.4 Å². The molecule has 0 aliphatic heterocycles. The van der Waals surface area contributed by atoms with E-state index in [1.54, 1.807) is 30.5 Å². The van der Waals surface area contributed by atoms with Gasteiger partial charge in [-0.15, -0.1) is 0 Å². The number of benzene rings is 1. The molecule has 1 aromatic carbocycles. The Morgan fingerprint density at radius 1 is 1.26 bits per heavy atom. The van der Waals surface area contributed by atoms with Crippen LogP contribution in [0.1, 0.15) is 24.1 Å². The van der Waals surface area contributed by atoms with Gasteiger partial charge >= 0.3 is 0 Å². The molecule has 1 aliphatic rings. The van der Waals surface area contributed by atoms with E-state index in [-0.39, 0.29) is 12.5 Å². The number of nitrogens with zero attached hydrogens (tertiary/aromatic N) is 3. The zero-order chi connectivity index (χ0) is 16.1. The highest BCUT2D eigenvalue weighted by Crippen LogP contribution is 2.28. The average Bonchev–Trinajstić information content (AvgIpc) is 3.44. The van der Waals surface area contributed by atoms with Gasteiger partial charge in [-0.05, 0) is 49.2 Å². The van der Waals surface area contributed by atoms with E-state index in [4.69, 9.17) is 10.00 Å². The van der Waals surface area contributed by atoms with E-state index in [2.05, 4.69) is 11.1 Å². The summed E-state index contributed by atoms with van der Waals surface area (Å²) in [5.74, 6) is 0.549. The van der Waals surface area contributed by atoms with Gasteiger partial charge in [-0.1, -0.05) is 6.07 Å². The van der Waals surface area contributed by atoms with Gasteiger partial charge in [0, 0.05) is 12.2 Å². The van der Waals surface area contributed by atoms with Crippen LogP contribution < -0.4 is 4.74 Å². The second-order valence-corrected chi connectivity index (χ2v) is 5.50. The Morgan fingerprint density at radius 3 is 2.65 bits per heavy atom. The van der Waals surface area contributed by atoms with Gasteiger partial charge in [-0.25, -0.2) is 0 Å². The number of aromatic nitrogens is 1. The first kappa shape index (κ1) is 15.0. The minimum Gasteiger partial charge on any atom is -0.484 e. The Kier molecular flexibility index (Phi) is 4.53. The molecule has 1 heterocycles. The zero-order valence-electron chi connectivity index (χ0n) is 12.7. The third-order valence-corrected chi connectivity index (χ3v) is 3.71. The van der Waals surface area contributed by atoms with Crippen molar-refractivity contribution < 1.29 is 9.53 Å². The molecule has 1 fully saturated rings. The van der Waals surface area contributed by atoms with Crippen LogP contribution in [0.15, 0.2) is 48.7 Å². The number of carbonyl (C=O) groups excluding carboxylic acids is 1. The van der Waals surface area contributed by atoms with Gasteiger partial charge in [0.25, 0.3) is 5.91 Å². The Morgan fingerprint density at radius 2 is 2.04 bits per heavy atom. The lowest BCUT2D eigenvalue weighted by Gasteiger charge is -2.22. The standard InChI is InChI=1S/C18H17N3O2/c19-11-14-4-8-17(9-5-14)23-13-18(22)21(16-6-7-16)12-15-3-1-2-10-20-15/h1-5,8-10,16H,6-7,12-13H2. The molecule has 0 unspecified atom stereocenters. The quantitative estimate of drug-likeness (QED) is 0.822. The lowest BCUT2D eigenvalue weighted by atomic mass is 10.2. The first-order chi connectivity index (χ1) is 11.3. The van der Waals surface area contributed by atoms with E-state index in [0.29, 0.717) is 23.9 Å². The lowest BCUT2D eigenvalue weighted by molar-refractivity contribution is -0.134. The molecule has 2 aromatic rings. The largest absolute Gasteiger partial charge is 0.484 e. The number of pyridine rings is 1. The van der Waals surface area contributed by atoms with Crippen molar-refractivity contribution in [3.05, 3.63) is 59.9 Å². The fourth-order valence-electron chi connectivity index (χ4n) is 2.33. The molecule has 0 spiro atoms. The molecule has 0 saturated heterocycles. The monoisotopic (exact) mass is 307 g/mol. The summed E-state index contributed by atoms with van der Waals surface area (Å²) in [6, 6.07) is 14.8. The van der Waals surface area contributed by atoms with Crippen LogP contribution in [0.25, 0.3) is 0 Å². The molecule has 1 aromatic heterocycles. The number of carbonyl (C=O) groups is 1. The van der Waals surface area contributed by atoms with Gasteiger partial charge in [0.2, 0.25) is 0 Å². The molecule has 1 aliphatic carbocycles. The third-order valence-electron chi connectivity index (χ3n) is 3.71. The summed E-state index contributed by atoms with van der Waals surface area (Å²) in [5.41, 5.74) is 1.45. The number of rotatable bonds is 6. The van der Waals surface area contributed by atoms with E-state index in [9.17, 15) is 4.79 Å². The molecule has 116 valence electrons. The second kappa shape index (κ2) is 6.93. The number of amides is 1. The molecule has 0 atom stereocenters. The Bertz CT molecular complexity index is 703. The van der Waals surface area contributed by atoms with Crippen molar-refractivity contribution in [2.24, 2.45) is 0 Å². The Hall–Kier alpha value is -2.87. The minimum absolute atomic E-state index is 0.00473. The predicted molar refractivity (Wildman–Crippen MR) is 84.5 cm³/mol. The van der Waals surface area contributed by atoms with Crippen LogP contribution in [0, 0.1) is 11.3 Å². The first-order valence-electron chi connectivity index (χ1n) is 7.58. The number of hydrogen-bond donors (Lipinski definition) is 0. The molecule has 1 saturated carbocycles. The van der Waals surface area contributed by atoms with Crippen molar-refractivity contribution in [1.82, 2.24) is 9.88 Å². The Balaban J connectivity index is 1.59. The van der Waals surface area contributed by atoms with Crippen LogP contribution in [0.4, 0.5) is 0 Å². The third kappa shape index (κ3) is 4.07. The Labute approximate surface area is 135 Å². The lowest BCUT2D eigenvalue weighted by Crippen LogP contribution is -2.36. The first-order valence-corrected chi connectivity index (χ1v) is 7.58. The number of ether oxygens (including phenoxy) is 1. The predicted octanol–water partition coefficient (Wildman–Crippen LogP) is 2.52. The molecule has 0 radical (unpaired) electrons. The van der Waals surface area contributed by atoms with Crippen LogP contribution in [-0.2, 0) is 11.3 Å². The highest BCUT2D eigenvalue weighted by molar-refractivity contribution is 5.78. The van der Waals surface area contributed by atoms with Crippen LogP contribution in [-0.4, -0.2) is 28.4 Å². The summed E-state index contributed by atoms with van der Waals surface area (Å²) in [7, 11) is 0. The molecule has 0 N–H and O–H groups in total. The minimum atomic E-state index is -0.0393. The molecule has 23 heavy (non-hydrogen) atoms. The van der Waals surface area contributed by atoms with Gasteiger partial charge in [0.1, 0.15) is 5.75 Å². The number of hydrogen-bond acceptors (Lipinski definition) is 4. The van der Waals surface area contributed by atoms with Gasteiger partial charge in [0.15, 0.2) is 6.61 Å². The molecule has 1 amide bonds. The summed E-state index contributed by atoms with van der Waals surface area (Å²) in [6.07, 6.45) is 3.81. The SMILES string of the molecule is N#Cc1ccc(OCC(=O)N(Cc2ccccn2)C2CC2)cc1. The zero-order valence-corrected chi connectivity index (χ0v) is 12.7. The second-order valence-electron chi connectivity index (χ2n) is 5.50. The average molecular weight is 307 g/mol. The van der Waals surface area contributed by atoms with E-state index >= 15 is 0 Å².